The molecule has 0 aromatic heterocycles. The number of alkyl carbamates (subject to hydrolysis) is 1. The van der Waals surface area contributed by atoms with E-state index < -0.39 is 47.5 Å². The zero-order chi connectivity index (χ0) is 30.1. The van der Waals surface area contributed by atoms with Gasteiger partial charge in [-0.2, -0.15) is 0 Å². The Morgan fingerprint density at radius 2 is 1.90 bits per heavy atom. The van der Waals surface area contributed by atoms with E-state index in [4.69, 9.17) is 23.7 Å². The van der Waals surface area contributed by atoms with Gasteiger partial charge in [0.05, 0.1) is 12.7 Å². The lowest BCUT2D eigenvalue weighted by Gasteiger charge is -2.43. The molecule has 1 amide bonds. The number of fused-ring (bicyclic) bond motifs is 4. The third kappa shape index (κ3) is 6.97. The molecule has 10 heteroatoms. The summed E-state index contributed by atoms with van der Waals surface area (Å²) in [6, 6.07) is 2.90. The fourth-order valence-electron chi connectivity index (χ4n) is 5.99. The Bertz CT molecular complexity index is 1200. The fraction of sp³-hybridized carbons (Fsp3) is 0.645. The van der Waals surface area contributed by atoms with Gasteiger partial charge in [-0.15, -0.1) is 0 Å². The van der Waals surface area contributed by atoms with Gasteiger partial charge in [-0.25, -0.2) is 14.4 Å². The fourth-order valence-corrected chi connectivity index (χ4v) is 5.99. The maximum Gasteiger partial charge on any atom is 0.408 e. The predicted molar refractivity (Wildman–Crippen MR) is 149 cm³/mol. The number of ether oxygens (including phenoxy) is 5. The number of amides is 1. The summed E-state index contributed by atoms with van der Waals surface area (Å²) in [6.45, 7) is 10.1. The van der Waals surface area contributed by atoms with Gasteiger partial charge < -0.3 is 34.1 Å². The maximum atomic E-state index is 13.1. The van der Waals surface area contributed by atoms with Crippen LogP contribution in [-0.4, -0.2) is 59.7 Å². The van der Waals surface area contributed by atoms with Crippen molar-refractivity contribution in [1.29, 1.82) is 0 Å². The Labute approximate surface area is 241 Å². The molecule has 6 bridgehead atoms. The highest BCUT2D eigenvalue weighted by Crippen LogP contribution is 2.48. The Balaban J connectivity index is 1.51. The summed E-state index contributed by atoms with van der Waals surface area (Å²) >= 11 is 0. The van der Waals surface area contributed by atoms with E-state index in [0.29, 0.717) is 23.8 Å². The topological polar surface area (TPSA) is 130 Å². The molecule has 0 spiro atoms. The van der Waals surface area contributed by atoms with Gasteiger partial charge in [-0.05, 0) is 89.8 Å². The molecule has 0 fully saturated rings. The first-order valence-corrected chi connectivity index (χ1v) is 14.4. The van der Waals surface area contributed by atoms with Crippen molar-refractivity contribution >= 4 is 18.0 Å². The van der Waals surface area contributed by atoms with Crippen LogP contribution >= 0.6 is 0 Å². The number of hydrogen-bond donors (Lipinski definition) is 2. The van der Waals surface area contributed by atoms with E-state index in [-0.39, 0.29) is 18.1 Å². The monoisotopic (exact) mass is 573 g/mol. The second-order valence-corrected chi connectivity index (χ2v) is 12.5. The van der Waals surface area contributed by atoms with Crippen molar-refractivity contribution in [3.05, 3.63) is 35.1 Å². The molecule has 1 aromatic carbocycles. The van der Waals surface area contributed by atoms with E-state index in [1.807, 2.05) is 6.07 Å². The molecule has 0 saturated heterocycles. The number of carbonyl (C=O) groups excluding carboxylic acids is 3. The molecule has 3 aliphatic rings. The molecule has 6 atom stereocenters. The van der Waals surface area contributed by atoms with E-state index in [0.717, 1.165) is 36.8 Å². The summed E-state index contributed by atoms with van der Waals surface area (Å²) in [5.41, 5.74) is 0.434. The van der Waals surface area contributed by atoms with Crippen LogP contribution in [-0.2, 0) is 36.6 Å². The van der Waals surface area contributed by atoms with Gasteiger partial charge in [0.2, 0.25) is 0 Å². The average Bonchev–Trinajstić information content (AvgIpc) is 2.87. The number of carbonyl (C=O) groups is 3. The van der Waals surface area contributed by atoms with Gasteiger partial charge in [0, 0.05) is 12.0 Å². The van der Waals surface area contributed by atoms with Crippen LogP contribution in [0.1, 0.15) is 78.4 Å². The lowest BCUT2D eigenvalue weighted by molar-refractivity contribution is -0.166. The first-order chi connectivity index (χ1) is 19.2. The van der Waals surface area contributed by atoms with Crippen LogP contribution in [0.25, 0.3) is 0 Å². The number of rotatable bonds is 6. The van der Waals surface area contributed by atoms with Gasteiger partial charge in [0.15, 0.2) is 23.7 Å². The lowest BCUT2D eigenvalue weighted by Crippen LogP contribution is -2.48. The number of esters is 2. The first-order valence-electron chi connectivity index (χ1n) is 14.4. The van der Waals surface area contributed by atoms with Gasteiger partial charge in [-0.3, -0.25) is 0 Å². The van der Waals surface area contributed by atoms with Crippen LogP contribution in [0.3, 0.4) is 0 Å². The second-order valence-electron chi connectivity index (χ2n) is 12.5. The molecular formula is C31H43NO9. The molecule has 1 aliphatic heterocycles. The predicted octanol–water partition coefficient (Wildman–Crippen LogP) is 4.38. The van der Waals surface area contributed by atoms with Crippen molar-refractivity contribution in [2.24, 2.45) is 11.8 Å². The summed E-state index contributed by atoms with van der Waals surface area (Å²) in [5, 5.41) is 14.4. The van der Waals surface area contributed by atoms with Crippen molar-refractivity contribution < 1.29 is 43.2 Å². The number of methoxy groups -OCH3 is 1. The molecule has 1 heterocycles. The first kappa shape index (κ1) is 30.7. The summed E-state index contributed by atoms with van der Waals surface area (Å²) in [7, 11) is 1.59. The van der Waals surface area contributed by atoms with E-state index in [1.54, 1.807) is 34.0 Å². The van der Waals surface area contributed by atoms with Gasteiger partial charge in [-0.1, -0.05) is 19.4 Å². The second kappa shape index (κ2) is 11.9. The Hall–Kier alpha value is -3.27. The largest absolute Gasteiger partial charge is 0.493 e. The maximum absolute atomic E-state index is 13.1. The minimum absolute atomic E-state index is 0.000615. The third-order valence-electron chi connectivity index (χ3n) is 8.15. The van der Waals surface area contributed by atoms with Crippen molar-refractivity contribution in [2.75, 3.05) is 7.11 Å². The van der Waals surface area contributed by atoms with Crippen molar-refractivity contribution in [1.82, 2.24) is 5.32 Å². The summed E-state index contributed by atoms with van der Waals surface area (Å²) < 4.78 is 28.3. The molecule has 1 unspecified atom stereocenters. The average molecular weight is 574 g/mol. The highest BCUT2D eigenvalue weighted by Gasteiger charge is 2.47. The molecule has 1 aromatic rings. The Morgan fingerprint density at radius 3 is 2.59 bits per heavy atom. The van der Waals surface area contributed by atoms with E-state index in [9.17, 15) is 19.5 Å². The summed E-state index contributed by atoms with van der Waals surface area (Å²) in [4.78, 5) is 37.6. The van der Waals surface area contributed by atoms with Crippen molar-refractivity contribution in [3.8, 4) is 11.5 Å². The molecule has 41 heavy (non-hydrogen) atoms. The SMILES string of the molecule is COc1ccc2c3c1O[C@@H]1C[C@@](O)(CC=C1OC(=O)[C@H](C)OC(=O)[C@H](C)NC(=O)OC(C)(C)C)[C@@H](C2)C(C)CCC3. The molecule has 2 aliphatic carbocycles. The normalized spacial score (nSPS) is 26.7. The van der Waals surface area contributed by atoms with Gasteiger partial charge in [0.1, 0.15) is 17.4 Å². The Kier molecular flexibility index (Phi) is 8.92. The number of nitrogens with one attached hydrogen (secondary N) is 1. The molecule has 2 N–H and O–H groups in total. The third-order valence-corrected chi connectivity index (χ3v) is 8.15. The number of benzene rings is 1. The van der Waals surface area contributed by atoms with Crippen LogP contribution in [0.15, 0.2) is 24.0 Å². The quantitative estimate of drug-likeness (QED) is 0.376. The van der Waals surface area contributed by atoms with Crippen LogP contribution in [0, 0.1) is 11.8 Å². The summed E-state index contributed by atoms with van der Waals surface area (Å²) in [5.74, 6) is 0.145. The smallest absolute Gasteiger partial charge is 0.408 e. The van der Waals surface area contributed by atoms with Crippen molar-refractivity contribution in [2.45, 2.75) is 110 Å². The van der Waals surface area contributed by atoms with Gasteiger partial charge in [0.25, 0.3) is 0 Å². The minimum Gasteiger partial charge on any atom is -0.493 e. The molecule has 0 radical (unpaired) electrons. The van der Waals surface area contributed by atoms with Crippen molar-refractivity contribution in [3.63, 3.8) is 0 Å². The van der Waals surface area contributed by atoms with Crippen LogP contribution in [0.2, 0.25) is 0 Å². The molecule has 0 saturated carbocycles. The van der Waals surface area contributed by atoms with E-state index >= 15 is 0 Å². The lowest BCUT2D eigenvalue weighted by atomic mass is 9.67. The zero-order valence-electron chi connectivity index (χ0n) is 25.1. The standard InChI is InChI=1S/C31H43NO9/c1-17-9-8-10-21-20-11-12-24(37-7)26(21)39-25-16-31(36,22(17)15-20)14-13-23(25)40-28(34)19(3)38-27(33)18(2)32-29(35)41-30(4,5)6/h11-13,17-19,22,25,36H,8-10,14-16H2,1-7H3,(H,32,35)/t17?,18-,19-,22-,25+,31-/m0/s1. The number of hydrogen-bond acceptors (Lipinski definition) is 9. The van der Waals surface area contributed by atoms with E-state index in [1.165, 1.54) is 13.8 Å². The van der Waals surface area contributed by atoms with Crippen LogP contribution in [0.4, 0.5) is 4.79 Å². The molecule has 4 rings (SSSR count). The van der Waals surface area contributed by atoms with Gasteiger partial charge >= 0.3 is 18.0 Å². The molecular weight excluding hydrogens is 530 g/mol. The minimum atomic E-state index is -1.26. The highest BCUT2D eigenvalue weighted by molar-refractivity contribution is 5.84. The van der Waals surface area contributed by atoms with Crippen LogP contribution in [0.5, 0.6) is 11.5 Å². The molecule has 226 valence electrons. The summed E-state index contributed by atoms with van der Waals surface area (Å²) in [6.07, 6.45) is 2.99. The van der Waals surface area contributed by atoms with Crippen LogP contribution < -0.4 is 14.8 Å². The van der Waals surface area contributed by atoms with E-state index in [2.05, 4.69) is 18.3 Å². The number of aliphatic hydroxyl groups is 1. The highest BCUT2D eigenvalue weighted by atomic mass is 16.6. The zero-order valence-corrected chi connectivity index (χ0v) is 25.1. The Morgan fingerprint density at radius 1 is 1.17 bits per heavy atom. The molecule has 10 nitrogen and oxygen atoms in total.